The summed E-state index contributed by atoms with van der Waals surface area (Å²) in [5.41, 5.74) is 12.9. The molecule has 1 aliphatic carbocycles. The first kappa shape index (κ1) is 18.6. The van der Waals surface area contributed by atoms with Gasteiger partial charge in [-0.15, -0.1) is 0 Å². The zero-order chi connectivity index (χ0) is 18.1. The number of amidine groups is 1. The van der Waals surface area contributed by atoms with Crippen LogP contribution in [-0.2, 0) is 9.59 Å². The molecule has 0 aromatic rings. The predicted molar refractivity (Wildman–Crippen MR) is 96.4 cm³/mol. The second-order valence-corrected chi connectivity index (χ2v) is 6.97. The van der Waals surface area contributed by atoms with E-state index in [2.05, 4.69) is 18.8 Å². The maximum atomic E-state index is 13.0. The van der Waals surface area contributed by atoms with Gasteiger partial charge in [-0.2, -0.15) is 0 Å². The highest BCUT2D eigenvalue weighted by Crippen LogP contribution is 2.43. The maximum Gasteiger partial charge on any atom is 0.168 e. The van der Waals surface area contributed by atoms with Crippen LogP contribution >= 0.6 is 0 Å². The second-order valence-electron chi connectivity index (χ2n) is 6.97. The van der Waals surface area contributed by atoms with Gasteiger partial charge in [0, 0.05) is 16.9 Å². The van der Waals surface area contributed by atoms with E-state index in [9.17, 15) is 9.59 Å². The Morgan fingerprint density at radius 3 is 2.50 bits per heavy atom. The van der Waals surface area contributed by atoms with E-state index in [0.29, 0.717) is 29.9 Å². The van der Waals surface area contributed by atoms with Crippen molar-refractivity contribution in [3.8, 4) is 0 Å². The summed E-state index contributed by atoms with van der Waals surface area (Å²) in [7, 11) is 0. The van der Waals surface area contributed by atoms with Gasteiger partial charge in [0.05, 0.1) is 17.7 Å². The van der Waals surface area contributed by atoms with Gasteiger partial charge >= 0.3 is 0 Å². The van der Waals surface area contributed by atoms with Crippen LogP contribution in [0, 0.1) is 17.3 Å². The van der Waals surface area contributed by atoms with Crippen molar-refractivity contribution in [2.45, 2.75) is 59.4 Å². The lowest BCUT2D eigenvalue weighted by Crippen LogP contribution is -2.42. The van der Waals surface area contributed by atoms with Crippen LogP contribution in [0.3, 0.4) is 0 Å². The molecule has 1 aliphatic heterocycles. The molecule has 3 atom stereocenters. The summed E-state index contributed by atoms with van der Waals surface area (Å²) in [6, 6.07) is -0.617. The van der Waals surface area contributed by atoms with Crippen LogP contribution < -0.4 is 11.5 Å². The van der Waals surface area contributed by atoms with E-state index in [1.165, 1.54) is 0 Å². The van der Waals surface area contributed by atoms with E-state index in [4.69, 9.17) is 11.5 Å². The summed E-state index contributed by atoms with van der Waals surface area (Å²) in [4.78, 5) is 30.4. The summed E-state index contributed by atoms with van der Waals surface area (Å²) in [6.45, 7) is 7.75. The zero-order valence-electron chi connectivity index (χ0n) is 15.1. The molecule has 2 aliphatic rings. The van der Waals surface area contributed by atoms with Gasteiger partial charge < -0.3 is 11.5 Å². The number of nitrogens with zero attached hydrogens (tertiary/aromatic N) is 1. The standard InChI is InChI=1S/C19H29N3O2/c1-5-12-8-9-14-15(17(12)24)13(16(23)11(4)20)10-19(6-2,7-3)18(21)22-14/h8-9,11-13H,5-7,10,20H2,1-4H3,(H2,21,22)/t11-,12?,13?/m0/s1. The number of allylic oxidation sites excluding steroid dienone is 3. The fourth-order valence-corrected chi connectivity index (χ4v) is 3.79. The lowest BCUT2D eigenvalue weighted by atomic mass is 9.69. The molecule has 24 heavy (non-hydrogen) atoms. The van der Waals surface area contributed by atoms with E-state index in [0.717, 1.165) is 12.8 Å². The summed E-state index contributed by atoms with van der Waals surface area (Å²) in [5.74, 6) is -0.311. The Morgan fingerprint density at radius 2 is 2.00 bits per heavy atom. The third kappa shape index (κ3) is 2.97. The second kappa shape index (κ2) is 7.01. The fourth-order valence-electron chi connectivity index (χ4n) is 3.79. The number of Topliss-reactive ketones (excluding diaryl/α,β-unsaturated/α-hetero) is 2. The Balaban J connectivity index is 2.63. The van der Waals surface area contributed by atoms with Gasteiger partial charge in [0.25, 0.3) is 0 Å². The molecule has 0 fully saturated rings. The van der Waals surface area contributed by atoms with Crippen molar-refractivity contribution in [1.29, 1.82) is 0 Å². The molecule has 5 nitrogen and oxygen atoms in total. The van der Waals surface area contributed by atoms with Crippen molar-refractivity contribution in [3.63, 3.8) is 0 Å². The highest BCUT2D eigenvalue weighted by atomic mass is 16.1. The van der Waals surface area contributed by atoms with Gasteiger partial charge in [-0.3, -0.25) is 9.59 Å². The van der Waals surface area contributed by atoms with Crippen molar-refractivity contribution in [3.05, 3.63) is 23.4 Å². The summed E-state index contributed by atoms with van der Waals surface area (Å²) in [5, 5.41) is 0. The zero-order valence-corrected chi connectivity index (χ0v) is 15.1. The van der Waals surface area contributed by atoms with Gasteiger partial charge in [0.2, 0.25) is 0 Å². The van der Waals surface area contributed by atoms with Crippen LogP contribution in [0.15, 0.2) is 28.4 Å². The molecule has 0 radical (unpaired) electrons. The van der Waals surface area contributed by atoms with Crippen LogP contribution in [0.4, 0.5) is 0 Å². The highest BCUT2D eigenvalue weighted by Gasteiger charge is 2.44. The Labute approximate surface area is 144 Å². The van der Waals surface area contributed by atoms with Crippen molar-refractivity contribution in [1.82, 2.24) is 0 Å². The molecular formula is C19H29N3O2. The average Bonchev–Trinajstić information content (AvgIpc) is 2.69. The number of carbonyl (C=O) groups is 2. The largest absolute Gasteiger partial charge is 0.387 e. The van der Waals surface area contributed by atoms with Crippen LogP contribution in [0.2, 0.25) is 0 Å². The quantitative estimate of drug-likeness (QED) is 0.808. The normalized spacial score (nSPS) is 27.4. The lowest BCUT2D eigenvalue weighted by molar-refractivity contribution is -0.126. The van der Waals surface area contributed by atoms with E-state index >= 15 is 0 Å². The van der Waals surface area contributed by atoms with Gasteiger partial charge in [-0.1, -0.05) is 26.8 Å². The van der Waals surface area contributed by atoms with Gasteiger partial charge in [-0.05, 0) is 38.7 Å². The number of hydrogen-bond donors (Lipinski definition) is 2. The molecule has 2 unspecified atom stereocenters. The van der Waals surface area contributed by atoms with E-state index in [1.54, 1.807) is 6.92 Å². The number of aliphatic imine (C=N–C) groups is 1. The Kier molecular flexibility index (Phi) is 5.43. The summed E-state index contributed by atoms with van der Waals surface area (Å²) < 4.78 is 0. The lowest BCUT2D eigenvalue weighted by Gasteiger charge is -2.34. The molecule has 0 saturated heterocycles. The van der Waals surface area contributed by atoms with Crippen molar-refractivity contribution in [2.75, 3.05) is 0 Å². The van der Waals surface area contributed by atoms with Crippen molar-refractivity contribution in [2.24, 2.45) is 33.7 Å². The monoisotopic (exact) mass is 331 g/mol. The van der Waals surface area contributed by atoms with Crippen LogP contribution in [0.25, 0.3) is 0 Å². The Morgan fingerprint density at radius 1 is 1.38 bits per heavy atom. The molecule has 5 heteroatoms. The smallest absolute Gasteiger partial charge is 0.168 e. The van der Waals surface area contributed by atoms with E-state index < -0.39 is 12.0 Å². The molecule has 0 saturated carbocycles. The molecule has 0 bridgehead atoms. The van der Waals surface area contributed by atoms with Gasteiger partial charge in [0.1, 0.15) is 5.84 Å². The van der Waals surface area contributed by atoms with Crippen molar-refractivity contribution >= 4 is 17.4 Å². The van der Waals surface area contributed by atoms with Crippen molar-refractivity contribution < 1.29 is 9.59 Å². The third-order valence-corrected chi connectivity index (χ3v) is 5.68. The maximum absolute atomic E-state index is 13.0. The third-order valence-electron chi connectivity index (χ3n) is 5.68. The molecule has 4 N–H and O–H groups in total. The molecule has 132 valence electrons. The average molecular weight is 331 g/mol. The van der Waals surface area contributed by atoms with E-state index in [1.807, 2.05) is 19.1 Å². The topological polar surface area (TPSA) is 98.5 Å². The number of carbonyl (C=O) groups excluding carboxylic acids is 2. The van der Waals surface area contributed by atoms with Gasteiger partial charge in [0.15, 0.2) is 11.6 Å². The van der Waals surface area contributed by atoms with E-state index in [-0.39, 0.29) is 22.9 Å². The van der Waals surface area contributed by atoms with Crippen LogP contribution in [0.1, 0.15) is 53.4 Å². The molecule has 0 spiro atoms. The molecule has 2 rings (SSSR count). The molecule has 0 aromatic carbocycles. The minimum atomic E-state index is -0.617. The Bertz CT molecular complexity index is 625. The number of ketones is 2. The fraction of sp³-hybridized carbons (Fsp3) is 0.632. The minimum absolute atomic E-state index is 0.00597. The Hall–Kier alpha value is -1.75. The first-order valence-electron chi connectivity index (χ1n) is 8.91. The molecule has 0 aromatic heterocycles. The highest BCUT2D eigenvalue weighted by molar-refractivity contribution is 6.08. The first-order valence-corrected chi connectivity index (χ1v) is 8.91. The van der Waals surface area contributed by atoms with Crippen LogP contribution in [-0.4, -0.2) is 23.4 Å². The molecular weight excluding hydrogens is 302 g/mol. The van der Waals surface area contributed by atoms with Crippen LogP contribution in [0.5, 0.6) is 0 Å². The molecule has 0 amide bonds. The number of rotatable bonds is 5. The summed E-state index contributed by atoms with van der Waals surface area (Å²) in [6.07, 6.45) is 6.48. The predicted octanol–water partition coefficient (Wildman–Crippen LogP) is 2.51. The number of hydrogen-bond acceptors (Lipinski definition) is 5. The minimum Gasteiger partial charge on any atom is -0.387 e. The first-order chi connectivity index (χ1) is 11.3. The summed E-state index contributed by atoms with van der Waals surface area (Å²) >= 11 is 0. The van der Waals surface area contributed by atoms with Gasteiger partial charge in [-0.25, -0.2) is 4.99 Å². The SMILES string of the molecule is CCC1C=CC2=C(C1=O)C(C(=O)[C@H](C)N)CC(CC)(CC)C(N)=N2. The molecule has 1 heterocycles. The number of nitrogens with two attached hydrogens (primary N) is 2.